The Balaban J connectivity index is 1.99. The molecule has 27 heavy (non-hydrogen) atoms. The van der Waals surface area contributed by atoms with Crippen molar-refractivity contribution in [3.8, 4) is 0 Å². The number of benzene rings is 2. The molecule has 0 aliphatic carbocycles. The van der Waals surface area contributed by atoms with Crippen molar-refractivity contribution in [3.05, 3.63) is 64.9 Å². The summed E-state index contributed by atoms with van der Waals surface area (Å²) in [5, 5.41) is 12.1. The highest BCUT2D eigenvalue weighted by atomic mass is 19.4. The third-order valence-electron chi connectivity index (χ3n) is 4.00. The van der Waals surface area contributed by atoms with E-state index in [1.165, 1.54) is 13.1 Å². The van der Waals surface area contributed by atoms with Gasteiger partial charge in [-0.3, -0.25) is 4.79 Å². The van der Waals surface area contributed by atoms with Crippen molar-refractivity contribution in [2.45, 2.75) is 19.2 Å². The van der Waals surface area contributed by atoms with Gasteiger partial charge in [0.2, 0.25) is 0 Å². The van der Waals surface area contributed by atoms with Crippen LogP contribution < -0.4 is 5.32 Å². The molecule has 0 fully saturated rings. The molecule has 3 rings (SSSR count). The van der Waals surface area contributed by atoms with Crippen LogP contribution in [0.25, 0.3) is 10.9 Å². The molecule has 9 heteroatoms. The van der Waals surface area contributed by atoms with E-state index < -0.39 is 35.4 Å². The molecule has 0 bridgehead atoms. The van der Waals surface area contributed by atoms with Crippen LogP contribution in [-0.2, 0) is 6.18 Å². The molecular weight excluding hydrogens is 371 g/mol. The zero-order valence-corrected chi connectivity index (χ0v) is 13.8. The fourth-order valence-electron chi connectivity index (χ4n) is 2.60. The van der Waals surface area contributed by atoms with Crippen molar-refractivity contribution in [1.82, 2.24) is 4.98 Å². The van der Waals surface area contributed by atoms with E-state index in [0.29, 0.717) is 6.07 Å². The first-order chi connectivity index (χ1) is 12.6. The molecule has 0 saturated heterocycles. The topological polar surface area (TPSA) is 65.1 Å². The van der Waals surface area contributed by atoms with Crippen LogP contribution in [0.3, 0.4) is 0 Å². The molecule has 0 aliphatic rings. The monoisotopic (exact) mass is 384 g/mol. The minimum atomic E-state index is -4.71. The number of carbonyl (C=O) groups is 1. The lowest BCUT2D eigenvalue weighted by Crippen LogP contribution is -2.15. The lowest BCUT2D eigenvalue weighted by Gasteiger charge is -2.13. The summed E-state index contributed by atoms with van der Waals surface area (Å²) in [6.07, 6.45) is -4.66. The molecule has 142 valence electrons. The number of alkyl halides is 3. The maximum Gasteiger partial charge on any atom is 0.416 e. The first kappa shape index (κ1) is 18.8. The maximum atomic E-state index is 13.4. The Kier molecular flexibility index (Phi) is 4.64. The molecule has 0 saturated carbocycles. The predicted octanol–water partition coefficient (Wildman–Crippen LogP) is 4.77. The van der Waals surface area contributed by atoms with E-state index in [1.54, 1.807) is 0 Å². The molecule has 2 aromatic carbocycles. The van der Waals surface area contributed by atoms with E-state index >= 15 is 0 Å². The summed E-state index contributed by atoms with van der Waals surface area (Å²) in [5.41, 5.74) is -1.22. The van der Waals surface area contributed by atoms with Crippen LogP contribution in [-0.4, -0.2) is 16.0 Å². The second-order valence-electron chi connectivity index (χ2n) is 5.99. The third-order valence-corrected chi connectivity index (χ3v) is 4.00. The summed E-state index contributed by atoms with van der Waals surface area (Å²) < 4.78 is 65.8. The SMILES string of the molecule is CC(O)c1cc(C(=O)Nc2c[nH]c3cc(F)c(F)cc23)cc(C(F)(F)F)c1. The standard InChI is InChI=1S/C18H13F5N2O2/c1-8(26)9-2-10(4-11(3-9)18(21,22)23)17(27)25-16-7-24-15-6-14(20)13(19)5-12(15)16/h2-8,24,26H,1H3,(H,25,27). The van der Waals surface area contributed by atoms with Gasteiger partial charge in [-0.05, 0) is 36.8 Å². The number of fused-ring (bicyclic) bond motifs is 1. The number of carbonyl (C=O) groups excluding carboxylic acids is 1. The van der Waals surface area contributed by atoms with Crippen LogP contribution in [0.15, 0.2) is 36.5 Å². The average molecular weight is 384 g/mol. The molecule has 0 radical (unpaired) electrons. The highest BCUT2D eigenvalue weighted by Crippen LogP contribution is 2.32. The summed E-state index contributed by atoms with van der Waals surface area (Å²) in [4.78, 5) is 15.1. The number of rotatable bonds is 3. The highest BCUT2D eigenvalue weighted by molar-refractivity contribution is 6.09. The van der Waals surface area contributed by atoms with Gasteiger partial charge in [-0.15, -0.1) is 0 Å². The van der Waals surface area contributed by atoms with Crippen molar-refractivity contribution in [3.63, 3.8) is 0 Å². The number of aromatic nitrogens is 1. The van der Waals surface area contributed by atoms with Gasteiger partial charge in [0.1, 0.15) is 0 Å². The Morgan fingerprint density at radius 1 is 1.11 bits per heavy atom. The first-order valence-corrected chi connectivity index (χ1v) is 7.74. The summed E-state index contributed by atoms with van der Waals surface area (Å²) in [7, 11) is 0. The van der Waals surface area contributed by atoms with Gasteiger partial charge in [0, 0.05) is 23.2 Å². The second-order valence-corrected chi connectivity index (χ2v) is 5.99. The van der Waals surface area contributed by atoms with E-state index in [-0.39, 0.29) is 27.7 Å². The number of hydrogen-bond donors (Lipinski definition) is 3. The van der Waals surface area contributed by atoms with Crippen molar-refractivity contribution in [2.75, 3.05) is 5.32 Å². The minimum Gasteiger partial charge on any atom is -0.389 e. The van der Waals surface area contributed by atoms with Crippen LogP contribution in [0.4, 0.5) is 27.6 Å². The lowest BCUT2D eigenvalue weighted by atomic mass is 10.0. The van der Waals surface area contributed by atoms with Gasteiger partial charge < -0.3 is 15.4 Å². The molecule has 1 heterocycles. The second kappa shape index (κ2) is 6.66. The first-order valence-electron chi connectivity index (χ1n) is 7.74. The van der Waals surface area contributed by atoms with Gasteiger partial charge in [-0.2, -0.15) is 13.2 Å². The Morgan fingerprint density at radius 2 is 1.78 bits per heavy atom. The van der Waals surface area contributed by atoms with Crippen molar-refractivity contribution in [2.24, 2.45) is 0 Å². The Morgan fingerprint density at radius 3 is 2.41 bits per heavy atom. The fourth-order valence-corrected chi connectivity index (χ4v) is 2.60. The molecule has 1 unspecified atom stereocenters. The number of anilines is 1. The van der Waals surface area contributed by atoms with Crippen molar-refractivity contribution >= 4 is 22.5 Å². The van der Waals surface area contributed by atoms with Crippen LogP contribution in [0.5, 0.6) is 0 Å². The lowest BCUT2D eigenvalue weighted by molar-refractivity contribution is -0.137. The van der Waals surface area contributed by atoms with E-state index in [4.69, 9.17) is 0 Å². The zero-order valence-electron chi connectivity index (χ0n) is 13.8. The summed E-state index contributed by atoms with van der Waals surface area (Å²) in [6, 6.07) is 4.30. The molecule has 1 aromatic heterocycles. The molecule has 1 amide bonds. The molecule has 3 aromatic rings. The highest BCUT2D eigenvalue weighted by Gasteiger charge is 2.32. The number of halogens is 5. The average Bonchev–Trinajstić information content (AvgIpc) is 2.95. The third kappa shape index (κ3) is 3.77. The molecule has 0 spiro atoms. The van der Waals surface area contributed by atoms with Gasteiger partial charge >= 0.3 is 6.18 Å². The quantitative estimate of drug-likeness (QED) is 0.570. The Bertz CT molecular complexity index is 1020. The summed E-state index contributed by atoms with van der Waals surface area (Å²) in [5.74, 6) is -3.11. The molecular formula is C18H13F5N2O2. The number of H-pyrrole nitrogens is 1. The Labute approximate surface area is 149 Å². The van der Waals surface area contributed by atoms with Crippen LogP contribution in [0.1, 0.15) is 34.5 Å². The van der Waals surface area contributed by atoms with E-state index in [1.807, 2.05) is 0 Å². The van der Waals surface area contributed by atoms with E-state index in [2.05, 4.69) is 10.3 Å². The number of amides is 1. The molecule has 1 atom stereocenters. The van der Waals surface area contributed by atoms with Gasteiger partial charge in [0.15, 0.2) is 11.6 Å². The largest absolute Gasteiger partial charge is 0.416 e. The van der Waals surface area contributed by atoms with Crippen LogP contribution >= 0.6 is 0 Å². The molecule has 3 N–H and O–H groups in total. The number of aliphatic hydroxyl groups excluding tert-OH is 1. The minimum absolute atomic E-state index is 0.0740. The number of nitrogens with one attached hydrogen (secondary N) is 2. The van der Waals surface area contributed by atoms with Gasteiger partial charge in [0.05, 0.1) is 22.9 Å². The number of hydrogen-bond acceptors (Lipinski definition) is 2. The molecule has 4 nitrogen and oxygen atoms in total. The predicted molar refractivity (Wildman–Crippen MR) is 88.2 cm³/mol. The van der Waals surface area contributed by atoms with Gasteiger partial charge in [-0.1, -0.05) is 0 Å². The normalized spacial score (nSPS) is 13.0. The Hall–Kier alpha value is -2.94. The van der Waals surface area contributed by atoms with Gasteiger partial charge in [-0.25, -0.2) is 8.78 Å². The van der Waals surface area contributed by atoms with E-state index in [0.717, 1.165) is 24.3 Å². The van der Waals surface area contributed by atoms with Gasteiger partial charge in [0.25, 0.3) is 5.91 Å². The van der Waals surface area contributed by atoms with Crippen LogP contribution in [0.2, 0.25) is 0 Å². The van der Waals surface area contributed by atoms with Crippen molar-refractivity contribution < 1.29 is 31.9 Å². The molecule has 0 aliphatic heterocycles. The number of aliphatic hydroxyl groups is 1. The smallest absolute Gasteiger partial charge is 0.389 e. The van der Waals surface area contributed by atoms with Crippen LogP contribution in [0, 0.1) is 11.6 Å². The maximum absolute atomic E-state index is 13.4. The van der Waals surface area contributed by atoms with E-state index in [9.17, 15) is 31.9 Å². The summed E-state index contributed by atoms with van der Waals surface area (Å²) in [6.45, 7) is 1.27. The fraction of sp³-hybridized carbons (Fsp3) is 0.167. The summed E-state index contributed by atoms with van der Waals surface area (Å²) >= 11 is 0. The number of aromatic amines is 1. The van der Waals surface area contributed by atoms with Crippen molar-refractivity contribution in [1.29, 1.82) is 0 Å². The zero-order chi connectivity index (χ0) is 19.9.